The van der Waals surface area contributed by atoms with E-state index in [1.54, 1.807) is 0 Å². The Morgan fingerprint density at radius 3 is 2.12 bits per heavy atom. The molecule has 0 unspecified atom stereocenters. The predicted molar refractivity (Wildman–Crippen MR) is 95.6 cm³/mol. The summed E-state index contributed by atoms with van der Waals surface area (Å²) in [5.41, 5.74) is 4.76. The van der Waals surface area contributed by atoms with E-state index < -0.39 is 6.09 Å². The van der Waals surface area contributed by atoms with Crippen molar-refractivity contribution in [2.45, 2.75) is 44.1 Å². The molecule has 1 saturated carbocycles. The van der Waals surface area contributed by atoms with Crippen LogP contribution < -0.4 is 0 Å². The third kappa shape index (κ3) is 3.02. The van der Waals surface area contributed by atoms with Crippen LogP contribution in [0.1, 0.15) is 49.1 Å². The molecule has 2 aromatic carbocycles. The van der Waals surface area contributed by atoms with E-state index in [2.05, 4.69) is 24.3 Å². The Morgan fingerprint density at radius 2 is 1.52 bits per heavy atom. The van der Waals surface area contributed by atoms with Crippen LogP contribution in [-0.4, -0.2) is 29.0 Å². The van der Waals surface area contributed by atoms with Crippen LogP contribution in [0.2, 0.25) is 0 Å². The summed E-state index contributed by atoms with van der Waals surface area (Å²) in [6, 6.07) is 16.4. The molecule has 0 saturated heterocycles. The Hall–Kier alpha value is -2.33. The molecule has 0 spiro atoms. The van der Waals surface area contributed by atoms with Crippen molar-refractivity contribution in [1.29, 1.82) is 0 Å². The van der Waals surface area contributed by atoms with E-state index in [1.165, 1.54) is 28.7 Å². The maximum atomic E-state index is 12.3. The highest BCUT2D eigenvalue weighted by molar-refractivity contribution is 5.79. The first-order valence-corrected chi connectivity index (χ1v) is 9.09. The standard InChI is InChI=1S/C21H23NO3/c23-21(22(24)15-8-2-1-3-9-15)25-14-20-18-12-6-4-10-16(18)17-11-5-7-13-19(17)20/h4-7,10-13,15,20,24H,1-3,8-9,14H2. The lowest BCUT2D eigenvalue weighted by Gasteiger charge is -2.28. The predicted octanol–water partition coefficient (Wildman–Crippen LogP) is 4.96. The van der Waals surface area contributed by atoms with E-state index in [-0.39, 0.29) is 18.6 Å². The topological polar surface area (TPSA) is 49.8 Å². The van der Waals surface area contributed by atoms with E-state index in [4.69, 9.17) is 4.74 Å². The normalized spacial score (nSPS) is 17.0. The second-order valence-electron chi connectivity index (χ2n) is 6.94. The van der Waals surface area contributed by atoms with Crippen LogP contribution in [0.3, 0.4) is 0 Å². The van der Waals surface area contributed by atoms with Gasteiger partial charge in [0.05, 0.1) is 6.04 Å². The molecule has 0 aliphatic heterocycles. The van der Waals surface area contributed by atoms with Crippen molar-refractivity contribution in [1.82, 2.24) is 5.06 Å². The number of hydrogen-bond acceptors (Lipinski definition) is 3. The summed E-state index contributed by atoms with van der Waals surface area (Å²) < 4.78 is 5.49. The highest BCUT2D eigenvalue weighted by atomic mass is 16.6. The van der Waals surface area contributed by atoms with Crippen LogP contribution in [0.5, 0.6) is 0 Å². The van der Waals surface area contributed by atoms with Gasteiger partial charge in [-0.25, -0.2) is 4.79 Å². The Kier molecular flexibility index (Phi) is 4.45. The fourth-order valence-corrected chi connectivity index (χ4v) is 4.13. The number of carbonyl (C=O) groups is 1. The van der Waals surface area contributed by atoms with Gasteiger partial charge >= 0.3 is 6.09 Å². The van der Waals surface area contributed by atoms with Crippen LogP contribution in [0.4, 0.5) is 4.79 Å². The van der Waals surface area contributed by atoms with Gasteiger partial charge in [-0.05, 0) is 35.1 Å². The highest BCUT2D eigenvalue weighted by Crippen LogP contribution is 2.44. The maximum absolute atomic E-state index is 12.3. The molecule has 4 nitrogen and oxygen atoms in total. The Labute approximate surface area is 148 Å². The van der Waals surface area contributed by atoms with Crippen LogP contribution in [0.25, 0.3) is 11.1 Å². The number of rotatable bonds is 3. The van der Waals surface area contributed by atoms with E-state index in [1.807, 2.05) is 24.3 Å². The minimum Gasteiger partial charge on any atom is -0.447 e. The van der Waals surface area contributed by atoms with E-state index in [0.717, 1.165) is 30.7 Å². The fraction of sp³-hybridized carbons (Fsp3) is 0.381. The third-order valence-electron chi connectivity index (χ3n) is 5.44. The molecular formula is C21H23NO3. The number of benzene rings is 2. The molecule has 0 aromatic heterocycles. The first kappa shape index (κ1) is 16.2. The number of hydrogen-bond donors (Lipinski definition) is 1. The molecule has 25 heavy (non-hydrogen) atoms. The Balaban J connectivity index is 1.48. The van der Waals surface area contributed by atoms with Crippen molar-refractivity contribution in [3.05, 3.63) is 59.7 Å². The van der Waals surface area contributed by atoms with Gasteiger partial charge in [-0.15, -0.1) is 0 Å². The molecule has 1 fully saturated rings. The smallest absolute Gasteiger partial charge is 0.434 e. The minimum atomic E-state index is -0.631. The van der Waals surface area contributed by atoms with Crippen molar-refractivity contribution in [2.24, 2.45) is 0 Å². The van der Waals surface area contributed by atoms with E-state index >= 15 is 0 Å². The van der Waals surface area contributed by atoms with Crippen LogP contribution >= 0.6 is 0 Å². The van der Waals surface area contributed by atoms with Crippen LogP contribution in [0.15, 0.2) is 48.5 Å². The number of carbonyl (C=O) groups excluding carboxylic acids is 1. The molecule has 0 radical (unpaired) electrons. The summed E-state index contributed by atoms with van der Waals surface area (Å²) in [6.07, 6.45) is 4.35. The van der Waals surface area contributed by atoms with Crippen molar-refractivity contribution in [3.8, 4) is 11.1 Å². The number of ether oxygens (including phenoxy) is 1. The van der Waals surface area contributed by atoms with Crippen LogP contribution in [-0.2, 0) is 4.74 Å². The van der Waals surface area contributed by atoms with Gasteiger partial charge in [0.1, 0.15) is 6.61 Å². The highest BCUT2D eigenvalue weighted by Gasteiger charge is 2.31. The van der Waals surface area contributed by atoms with Gasteiger partial charge in [0.2, 0.25) is 0 Å². The maximum Gasteiger partial charge on any atom is 0.434 e. The second kappa shape index (κ2) is 6.89. The lowest BCUT2D eigenvalue weighted by molar-refractivity contribution is -0.112. The fourth-order valence-electron chi connectivity index (χ4n) is 4.13. The van der Waals surface area contributed by atoms with Crippen LogP contribution in [0, 0.1) is 0 Å². The van der Waals surface area contributed by atoms with Gasteiger partial charge in [0.15, 0.2) is 0 Å². The molecule has 1 N–H and O–H groups in total. The molecule has 0 atom stereocenters. The van der Waals surface area contributed by atoms with Gasteiger partial charge < -0.3 is 4.74 Å². The number of nitrogens with zero attached hydrogens (tertiary/aromatic N) is 1. The zero-order valence-corrected chi connectivity index (χ0v) is 14.2. The van der Waals surface area contributed by atoms with Crippen molar-refractivity contribution in [2.75, 3.05) is 6.61 Å². The molecule has 1 amide bonds. The summed E-state index contributed by atoms with van der Waals surface area (Å²) in [5, 5.41) is 11.0. The van der Waals surface area contributed by atoms with Gasteiger partial charge in [0, 0.05) is 5.92 Å². The zero-order chi connectivity index (χ0) is 17.2. The molecule has 2 aliphatic carbocycles. The summed E-state index contributed by atoms with van der Waals surface area (Å²) >= 11 is 0. The monoisotopic (exact) mass is 337 g/mol. The van der Waals surface area contributed by atoms with Gasteiger partial charge in [-0.3, -0.25) is 5.21 Å². The molecule has 130 valence electrons. The molecule has 0 bridgehead atoms. The summed E-state index contributed by atoms with van der Waals surface area (Å²) in [5.74, 6) is 0.0242. The quantitative estimate of drug-likeness (QED) is 0.636. The second-order valence-corrected chi connectivity index (χ2v) is 6.94. The van der Waals surface area contributed by atoms with E-state index in [0.29, 0.717) is 0 Å². The molecule has 0 heterocycles. The largest absolute Gasteiger partial charge is 0.447 e. The summed E-state index contributed by atoms with van der Waals surface area (Å²) in [6.45, 7) is 0.247. The third-order valence-corrected chi connectivity index (χ3v) is 5.44. The lowest BCUT2D eigenvalue weighted by atomic mass is 9.95. The number of hydroxylamine groups is 2. The van der Waals surface area contributed by atoms with Gasteiger partial charge in [-0.2, -0.15) is 5.06 Å². The Bertz CT molecular complexity index is 722. The first-order valence-electron chi connectivity index (χ1n) is 9.09. The van der Waals surface area contributed by atoms with Crippen molar-refractivity contribution < 1.29 is 14.7 Å². The summed E-state index contributed by atoms with van der Waals surface area (Å²) in [4.78, 5) is 12.3. The number of amides is 1. The van der Waals surface area contributed by atoms with Crippen molar-refractivity contribution >= 4 is 6.09 Å². The van der Waals surface area contributed by atoms with E-state index in [9.17, 15) is 10.0 Å². The first-order chi connectivity index (χ1) is 12.3. The number of fused-ring (bicyclic) bond motifs is 3. The molecular weight excluding hydrogens is 314 g/mol. The lowest BCUT2D eigenvalue weighted by Crippen LogP contribution is -2.39. The SMILES string of the molecule is O=C(OCC1c2ccccc2-c2ccccc21)N(O)C1CCCCC1. The average Bonchev–Trinajstić information content (AvgIpc) is 3.00. The Morgan fingerprint density at radius 1 is 0.960 bits per heavy atom. The molecule has 4 heteroatoms. The minimum absolute atomic E-state index is 0.0242. The zero-order valence-electron chi connectivity index (χ0n) is 14.2. The van der Waals surface area contributed by atoms with Gasteiger partial charge in [0.25, 0.3) is 0 Å². The molecule has 4 rings (SSSR count). The molecule has 2 aliphatic rings. The summed E-state index contributed by atoms with van der Waals surface area (Å²) in [7, 11) is 0. The average molecular weight is 337 g/mol. The molecule has 2 aromatic rings. The van der Waals surface area contributed by atoms with Gasteiger partial charge in [-0.1, -0.05) is 67.8 Å². The van der Waals surface area contributed by atoms with Crippen molar-refractivity contribution in [3.63, 3.8) is 0 Å².